The first kappa shape index (κ1) is 13.1. The van der Waals surface area contributed by atoms with Crippen LogP contribution in [0, 0.1) is 6.92 Å². The number of rotatable bonds is 3. The van der Waals surface area contributed by atoms with Gasteiger partial charge < -0.3 is 4.74 Å². The molecule has 2 aromatic rings. The summed E-state index contributed by atoms with van der Waals surface area (Å²) in [7, 11) is 0. The molecule has 0 amide bonds. The molecule has 0 radical (unpaired) electrons. The van der Waals surface area contributed by atoms with Crippen molar-refractivity contribution in [2.75, 3.05) is 6.61 Å². The fraction of sp³-hybridized carbons (Fsp3) is 0.214. The number of carbonyl (C=O) groups is 1. The van der Waals surface area contributed by atoms with Gasteiger partial charge in [-0.3, -0.25) is 0 Å². The van der Waals surface area contributed by atoms with Crippen LogP contribution in [-0.2, 0) is 9.53 Å². The molecule has 2 nitrogen and oxygen atoms in total. The zero-order chi connectivity index (χ0) is 13.1. The van der Waals surface area contributed by atoms with Crippen LogP contribution in [0.2, 0.25) is 5.02 Å². The van der Waals surface area contributed by atoms with Gasteiger partial charge in [-0.2, -0.15) is 0 Å². The SMILES string of the molecule is CCOC(=O)/C=C/c1sc2ccc(Cl)cc2c1C. The molecule has 0 atom stereocenters. The highest BCUT2D eigenvalue weighted by molar-refractivity contribution is 7.20. The summed E-state index contributed by atoms with van der Waals surface area (Å²) in [5.41, 5.74) is 1.14. The van der Waals surface area contributed by atoms with Crippen molar-refractivity contribution >= 4 is 45.1 Å². The van der Waals surface area contributed by atoms with Gasteiger partial charge in [0.25, 0.3) is 0 Å². The Hall–Kier alpha value is -1.32. The molecular weight excluding hydrogens is 268 g/mol. The van der Waals surface area contributed by atoms with E-state index in [4.69, 9.17) is 16.3 Å². The van der Waals surface area contributed by atoms with E-state index in [1.807, 2.05) is 25.1 Å². The first-order valence-electron chi connectivity index (χ1n) is 5.65. The van der Waals surface area contributed by atoms with Crippen LogP contribution in [0.5, 0.6) is 0 Å². The average molecular weight is 281 g/mol. The molecular formula is C14H13ClO2S. The van der Waals surface area contributed by atoms with Gasteiger partial charge in [-0.05, 0) is 49.1 Å². The van der Waals surface area contributed by atoms with Crippen molar-refractivity contribution in [1.82, 2.24) is 0 Å². The van der Waals surface area contributed by atoms with Gasteiger partial charge in [0.15, 0.2) is 0 Å². The Kier molecular flexibility index (Phi) is 4.04. The summed E-state index contributed by atoms with van der Waals surface area (Å²) in [6.45, 7) is 4.21. The summed E-state index contributed by atoms with van der Waals surface area (Å²) in [6, 6.07) is 5.82. The Morgan fingerprint density at radius 2 is 2.28 bits per heavy atom. The second-order valence-electron chi connectivity index (χ2n) is 3.82. The number of aryl methyl sites for hydroxylation is 1. The van der Waals surface area contributed by atoms with Crippen LogP contribution in [0.1, 0.15) is 17.4 Å². The van der Waals surface area contributed by atoms with Crippen LogP contribution < -0.4 is 0 Å². The van der Waals surface area contributed by atoms with Gasteiger partial charge in [0.1, 0.15) is 0 Å². The zero-order valence-electron chi connectivity index (χ0n) is 10.2. The number of esters is 1. The van der Waals surface area contributed by atoms with E-state index < -0.39 is 0 Å². The Labute approximate surface area is 115 Å². The summed E-state index contributed by atoms with van der Waals surface area (Å²) < 4.78 is 6.02. The number of hydrogen-bond acceptors (Lipinski definition) is 3. The maximum atomic E-state index is 11.3. The molecule has 0 N–H and O–H groups in total. The van der Waals surface area contributed by atoms with E-state index in [2.05, 4.69) is 0 Å². The fourth-order valence-corrected chi connectivity index (χ4v) is 2.97. The minimum atomic E-state index is -0.313. The van der Waals surface area contributed by atoms with Gasteiger partial charge >= 0.3 is 5.97 Å². The van der Waals surface area contributed by atoms with Crippen molar-refractivity contribution in [3.05, 3.63) is 39.7 Å². The topological polar surface area (TPSA) is 26.3 Å². The van der Waals surface area contributed by atoms with Crippen molar-refractivity contribution in [3.63, 3.8) is 0 Å². The molecule has 0 spiro atoms. The number of hydrogen-bond donors (Lipinski definition) is 0. The number of fused-ring (bicyclic) bond motifs is 1. The van der Waals surface area contributed by atoms with Crippen LogP contribution in [0.4, 0.5) is 0 Å². The molecule has 1 heterocycles. The van der Waals surface area contributed by atoms with E-state index in [0.29, 0.717) is 6.61 Å². The van der Waals surface area contributed by atoms with E-state index >= 15 is 0 Å². The highest BCUT2D eigenvalue weighted by atomic mass is 35.5. The second kappa shape index (κ2) is 5.55. The van der Waals surface area contributed by atoms with Crippen LogP contribution in [-0.4, -0.2) is 12.6 Å². The van der Waals surface area contributed by atoms with Gasteiger partial charge in [0, 0.05) is 20.7 Å². The predicted molar refractivity (Wildman–Crippen MR) is 77.2 cm³/mol. The lowest BCUT2D eigenvalue weighted by molar-refractivity contribution is -0.137. The molecule has 0 aliphatic carbocycles. The number of carbonyl (C=O) groups excluding carboxylic acids is 1. The molecule has 0 saturated heterocycles. The molecule has 0 aliphatic rings. The number of halogens is 1. The molecule has 0 unspecified atom stereocenters. The second-order valence-corrected chi connectivity index (χ2v) is 5.34. The molecule has 1 aromatic carbocycles. The van der Waals surface area contributed by atoms with Crippen LogP contribution in [0.3, 0.4) is 0 Å². The number of thiophene rings is 1. The smallest absolute Gasteiger partial charge is 0.330 e. The van der Waals surface area contributed by atoms with Gasteiger partial charge in [-0.15, -0.1) is 11.3 Å². The van der Waals surface area contributed by atoms with Crippen molar-refractivity contribution in [1.29, 1.82) is 0 Å². The molecule has 0 saturated carbocycles. The normalized spacial score (nSPS) is 11.3. The molecule has 4 heteroatoms. The maximum absolute atomic E-state index is 11.3. The van der Waals surface area contributed by atoms with Crippen molar-refractivity contribution < 1.29 is 9.53 Å². The number of ether oxygens (including phenoxy) is 1. The number of benzene rings is 1. The standard InChI is InChI=1S/C14H13ClO2S/c1-3-17-14(16)7-6-12-9(2)11-8-10(15)4-5-13(11)18-12/h4-8H,3H2,1-2H3/b7-6+. The first-order chi connectivity index (χ1) is 8.61. The lowest BCUT2D eigenvalue weighted by Crippen LogP contribution is -1.98. The first-order valence-corrected chi connectivity index (χ1v) is 6.84. The van der Waals surface area contributed by atoms with Gasteiger partial charge in [0.05, 0.1) is 6.61 Å². The minimum absolute atomic E-state index is 0.313. The van der Waals surface area contributed by atoms with Crippen molar-refractivity contribution in [2.24, 2.45) is 0 Å². The average Bonchev–Trinajstić information content (AvgIpc) is 2.64. The fourth-order valence-electron chi connectivity index (χ4n) is 1.71. The summed E-state index contributed by atoms with van der Waals surface area (Å²) >= 11 is 7.62. The Bertz CT molecular complexity index is 614. The van der Waals surface area contributed by atoms with Gasteiger partial charge in [-0.25, -0.2) is 4.79 Å². The van der Waals surface area contributed by atoms with Crippen LogP contribution in [0.15, 0.2) is 24.3 Å². The van der Waals surface area contributed by atoms with E-state index in [1.54, 1.807) is 24.3 Å². The molecule has 0 bridgehead atoms. The van der Waals surface area contributed by atoms with Gasteiger partial charge in [-0.1, -0.05) is 11.6 Å². The Morgan fingerprint density at radius 3 is 3.00 bits per heavy atom. The lowest BCUT2D eigenvalue weighted by Gasteiger charge is -1.95. The summed E-state index contributed by atoms with van der Waals surface area (Å²) in [6.07, 6.45) is 3.26. The third kappa shape index (κ3) is 2.74. The molecule has 18 heavy (non-hydrogen) atoms. The van der Waals surface area contributed by atoms with Crippen molar-refractivity contribution in [3.8, 4) is 0 Å². The minimum Gasteiger partial charge on any atom is -0.463 e. The van der Waals surface area contributed by atoms with Crippen molar-refractivity contribution in [2.45, 2.75) is 13.8 Å². The summed E-state index contributed by atoms with van der Waals surface area (Å²) in [4.78, 5) is 12.3. The quantitative estimate of drug-likeness (QED) is 0.614. The molecule has 2 rings (SSSR count). The monoisotopic (exact) mass is 280 g/mol. The molecule has 0 aliphatic heterocycles. The zero-order valence-corrected chi connectivity index (χ0v) is 11.8. The Morgan fingerprint density at radius 1 is 1.50 bits per heavy atom. The van der Waals surface area contributed by atoms with E-state index in [9.17, 15) is 4.79 Å². The van der Waals surface area contributed by atoms with E-state index in [-0.39, 0.29) is 5.97 Å². The molecule has 1 aromatic heterocycles. The highest BCUT2D eigenvalue weighted by Gasteiger charge is 2.07. The third-order valence-electron chi connectivity index (χ3n) is 2.59. The largest absolute Gasteiger partial charge is 0.463 e. The van der Waals surface area contributed by atoms with Crippen LogP contribution in [0.25, 0.3) is 16.2 Å². The summed E-state index contributed by atoms with van der Waals surface area (Å²) in [5.74, 6) is -0.313. The molecule has 94 valence electrons. The lowest BCUT2D eigenvalue weighted by atomic mass is 10.1. The van der Waals surface area contributed by atoms with Crippen LogP contribution >= 0.6 is 22.9 Å². The van der Waals surface area contributed by atoms with E-state index in [0.717, 1.165) is 20.8 Å². The predicted octanol–water partition coefficient (Wildman–Crippen LogP) is 4.44. The van der Waals surface area contributed by atoms with E-state index in [1.165, 1.54) is 10.8 Å². The summed E-state index contributed by atoms with van der Waals surface area (Å²) in [5, 5.41) is 1.86. The van der Waals surface area contributed by atoms with Gasteiger partial charge in [0.2, 0.25) is 0 Å². The maximum Gasteiger partial charge on any atom is 0.330 e. The molecule has 0 fully saturated rings. The Balaban J connectivity index is 2.34. The third-order valence-corrected chi connectivity index (χ3v) is 4.07. The highest BCUT2D eigenvalue weighted by Crippen LogP contribution is 2.33.